The van der Waals surface area contributed by atoms with Crippen LogP contribution >= 0.6 is 0 Å². The number of carbonyl (C=O) groups excluding carboxylic acids is 2. The van der Waals surface area contributed by atoms with Crippen molar-refractivity contribution in [3.63, 3.8) is 0 Å². The van der Waals surface area contributed by atoms with Gasteiger partial charge in [0.1, 0.15) is 5.75 Å². The maximum Gasteiger partial charge on any atom is 0.256 e. The molecule has 2 amide bonds. The fraction of sp³-hybridized carbons (Fsp3) is 0.412. The summed E-state index contributed by atoms with van der Waals surface area (Å²) in [5.74, 6) is 1.76. The third kappa shape index (κ3) is 7.69. The van der Waals surface area contributed by atoms with Gasteiger partial charge in [-0.2, -0.15) is 0 Å². The molecule has 0 bridgehead atoms. The number of para-hydroxylation sites is 1. The van der Waals surface area contributed by atoms with Crippen molar-refractivity contribution in [2.24, 2.45) is 11.5 Å². The van der Waals surface area contributed by atoms with Crippen LogP contribution < -0.4 is 21.9 Å². The van der Waals surface area contributed by atoms with E-state index >= 15 is 0 Å². The molecule has 3 aromatic rings. The van der Waals surface area contributed by atoms with Gasteiger partial charge in [0.2, 0.25) is 5.91 Å². The second-order valence-corrected chi connectivity index (χ2v) is 11.2. The Hall–Kier alpha value is -3.88. The van der Waals surface area contributed by atoms with E-state index in [1.807, 2.05) is 15.9 Å². The number of nitrogen functional groups attached to an aromatic ring is 1. The molecule has 2 heterocycles. The molecule has 2 saturated heterocycles. The molecule has 0 spiro atoms. The molecule has 8 nitrogen and oxygen atoms in total. The highest BCUT2D eigenvalue weighted by molar-refractivity contribution is 6.00. The minimum absolute atomic E-state index is 0.0226. The van der Waals surface area contributed by atoms with Gasteiger partial charge < -0.3 is 31.7 Å². The Morgan fingerprint density at radius 3 is 1.69 bits per heavy atom. The Morgan fingerprint density at radius 1 is 0.762 bits per heavy atom. The summed E-state index contributed by atoms with van der Waals surface area (Å²) in [6.45, 7) is 6.02. The molecule has 224 valence electrons. The van der Waals surface area contributed by atoms with Gasteiger partial charge in [0.25, 0.3) is 5.91 Å². The summed E-state index contributed by atoms with van der Waals surface area (Å²) in [4.78, 5) is 27.9. The molecule has 0 saturated carbocycles. The molecule has 0 unspecified atom stereocenters. The van der Waals surface area contributed by atoms with Crippen molar-refractivity contribution in [1.82, 2.24) is 9.80 Å². The number of methoxy groups -OCH3 is 1. The molecule has 0 radical (unpaired) electrons. The van der Waals surface area contributed by atoms with Crippen LogP contribution in [0.5, 0.6) is 5.75 Å². The van der Waals surface area contributed by atoms with Crippen molar-refractivity contribution in [3.05, 3.63) is 94.5 Å². The zero-order chi connectivity index (χ0) is 30.1. The van der Waals surface area contributed by atoms with Gasteiger partial charge in [0.05, 0.1) is 18.4 Å². The molecule has 8 heteroatoms. The average molecular weight is 572 g/mol. The molecule has 6 N–H and O–H groups in total. The van der Waals surface area contributed by atoms with Crippen LogP contribution in [-0.2, 0) is 17.9 Å². The van der Waals surface area contributed by atoms with Crippen LogP contribution in [0.1, 0.15) is 77.1 Å². The summed E-state index contributed by atoms with van der Waals surface area (Å²) in [7, 11) is 1.56. The SMILES string of the molecule is CC(=O)N1CCC(c2cccc(CN)c2)CC1.COc1cccc(C(=O)N2CCC(c3cccc(CN)c3)CC2)c1N. The van der Waals surface area contributed by atoms with E-state index in [4.69, 9.17) is 21.9 Å². The number of anilines is 1. The zero-order valence-corrected chi connectivity index (χ0v) is 24.9. The first-order chi connectivity index (χ1) is 20.3. The van der Waals surface area contributed by atoms with Crippen molar-refractivity contribution in [1.29, 1.82) is 0 Å². The first kappa shape index (κ1) is 31.1. The molecule has 0 aliphatic carbocycles. The Bertz CT molecular complexity index is 1340. The molecule has 0 aromatic heterocycles. The largest absolute Gasteiger partial charge is 0.495 e. The molecule has 2 fully saturated rings. The molecule has 0 atom stereocenters. The average Bonchev–Trinajstić information content (AvgIpc) is 3.05. The van der Waals surface area contributed by atoms with Crippen LogP contribution in [0.4, 0.5) is 5.69 Å². The zero-order valence-electron chi connectivity index (χ0n) is 24.9. The normalized spacial score (nSPS) is 16.0. The van der Waals surface area contributed by atoms with E-state index in [-0.39, 0.29) is 11.8 Å². The number of likely N-dealkylation sites (tertiary alicyclic amines) is 2. The molecular weight excluding hydrogens is 526 g/mol. The van der Waals surface area contributed by atoms with Gasteiger partial charge in [-0.25, -0.2) is 0 Å². The summed E-state index contributed by atoms with van der Waals surface area (Å²) >= 11 is 0. The second kappa shape index (κ2) is 14.8. The number of nitrogens with zero attached hydrogens (tertiary/aromatic N) is 2. The number of rotatable bonds is 6. The number of carbonyl (C=O) groups is 2. The minimum atomic E-state index is -0.0226. The summed E-state index contributed by atoms with van der Waals surface area (Å²) in [6.07, 6.45) is 4.02. The number of piperidine rings is 2. The summed E-state index contributed by atoms with van der Waals surface area (Å²) in [5.41, 5.74) is 23.4. The lowest BCUT2D eigenvalue weighted by molar-refractivity contribution is -0.129. The second-order valence-electron chi connectivity index (χ2n) is 11.2. The topological polar surface area (TPSA) is 128 Å². The number of nitrogens with two attached hydrogens (primary N) is 3. The van der Waals surface area contributed by atoms with Crippen molar-refractivity contribution in [3.8, 4) is 5.75 Å². The minimum Gasteiger partial charge on any atom is -0.495 e. The number of hydrogen-bond acceptors (Lipinski definition) is 6. The van der Waals surface area contributed by atoms with Crippen molar-refractivity contribution in [2.75, 3.05) is 39.0 Å². The van der Waals surface area contributed by atoms with Crippen LogP contribution in [0.25, 0.3) is 0 Å². The summed E-state index contributed by atoms with van der Waals surface area (Å²) in [6, 6.07) is 22.3. The van der Waals surface area contributed by atoms with Crippen LogP contribution in [0, 0.1) is 0 Å². The highest BCUT2D eigenvalue weighted by Crippen LogP contribution is 2.32. The molecule has 2 aliphatic rings. The van der Waals surface area contributed by atoms with Gasteiger partial charge in [-0.15, -0.1) is 0 Å². The van der Waals surface area contributed by atoms with Gasteiger partial charge in [0.15, 0.2) is 0 Å². The molecular formula is C34H45N5O3. The summed E-state index contributed by atoms with van der Waals surface area (Å²) in [5, 5.41) is 0. The van der Waals surface area contributed by atoms with Gasteiger partial charge in [0, 0.05) is 46.2 Å². The van der Waals surface area contributed by atoms with Crippen LogP contribution in [0.2, 0.25) is 0 Å². The fourth-order valence-corrected chi connectivity index (χ4v) is 5.97. The number of amides is 2. The van der Waals surface area contributed by atoms with E-state index in [2.05, 4.69) is 42.5 Å². The molecule has 42 heavy (non-hydrogen) atoms. The third-order valence-electron chi connectivity index (χ3n) is 8.56. The highest BCUT2D eigenvalue weighted by Gasteiger charge is 2.26. The van der Waals surface area contributed by atoms with Crippen molar-refractivity contribution >= 4 is 17.5 Å². The van der Waals surface area contributed by atoms with Gasteiger partial charge in [-0.05, 0) is 71.9 Å². The third-order valence-corrected chi connectivity index (χ3v) is 8.56. The van der Waals surface area contributed by atoms with Crippen molar-refractivity contribution < 1.29 is 14.3 Å². The van der Waals surface area contributed by atoms with E-state index < -0.39 is 0 Å². The maximum absolute atomic E-state index is 12.8. The predicted octanol–water partition coefficient (Wildman–Crippen LogP) is 4.63. The highest BCUT2D eigenvalue weighted by atomic mass is 16.5. The van der Waals surface area contributed by atoms with E-state index in [0.717, 1.165) is 57.4 Å². The van der Waals surface area contributed by atoms with Crippen LogP contribution in [0.15, 0.2) is 66.7 Å². The molecule has 3 aromatic carbocycles. The number of ether oxygens (including phenoxy) is 1. The van der Waals surface area contributed by atoms with E-state index in [1.165, 1.54) is 16.7 Å². The smallest absolute Gasteiger partial charge is 0.256 e. The molecule has 2 aliphatic heterocycles. The number of hydrogen-bond donors (Lipinski definition) is 3. The quantitative estimate of drug-likeness (QED) is 0.370. The first-order valence-corrected chi connectivity index (χ1v) is 14.9. The predicted molar refractivity (Wildman–Crippen MR) is 168 cm³/mol. The van der Waals surface area contributed by atoms with Crippen LogP contribution in [-0.4, -0.2) is 54.9 Å². The van der Waals surface area contributed by atoms with E-state index in [9.17, 15) is 9.59 Å². The van der Waals surface area contributed by atoms with Gasteiger partial charge in [-0.3, -0.25) is 9.59 Å². The van der Waals surface area contributed by atoms with E-state index in [1.54, 1.807) is 32.2 Å². The summed E-state index contributed by atoms with van der Waals surface area (Å²) < 4.78 is 5.21. The standard InChI is InChI=1S/C20H25N3O2.C14H20N2O/c1-25-18-7-3-6-17(19(18)22)20(24)23-10-8-15(9-11-23)16-5-2-4-14(12-16)13-21;1-11(17)16-7-5-13(6-8-16)14-4-2-3-12(9-14)10-15/h2-7,12,15H,8-11,13,21-22H2,1H3;2-4,9,13H,5-8,10,15H2,1H3. The first-order valence-electron chi connectivity index (χ1n) is 14.9. The van der Waals surface area contributed by atoms with Gasteiger partial charge in [-0.1, -0.05) is 54.6 Å². The Morgan fingerprint density at radius 2 is 1.24 bits per heavy atom. The van der Waals surface area contributed by atoms with Crippen LogP contribution in [0.3, 0.4) is 0 Å². The monoisotopic (exact) mass is 571 g/mol. The van der Waals surface area contributed by atoms with Gasteiger partial charge >= 0.3 is 0 Å². The lowest BCUT2D eigenvalue weighted by atomic mass is 9.88. The lowest BCUT2D eigenvalue weighted by Crippen LogP contribution is -2.38. The van der Waals surface area contributed by atoms with Crippen molar-refractivity contribution in [2.45, 2.75) is 57.5 Å². The fourth-order valence-electron chi connectivity index (χ4n) is 5.97. The Labute approximate surface area is 249 Å². The Kier molecular flexibility index (Phi) is 11.0. The molecule has 5 rings (SSSR count). The van der Waals surface area contributed by atoms with E-state index in [0.29, 0.717) is 41.9 Å². The Balaban J connectivity index is 0.000000208. The lowest BCUT2D eigenvalue weighted by Gasteiger charge is -2.32. The number of benzene rings is 3. The maximum atomic E-state index is 12.8.